The third-order valence-electron chi connectivity index (χ3n) is 5.53. The maximum atomic E-state index is 10.7. The lowest BCUT2D eigenvalue weighted by Crippen LogP contribution is -2.46. The summed E-state index contributed by atoms with van der Waals surface area (Å²) in [4.78, 5) is 0. The van der Waals surface area contributed by atoms with Gasteiger partial charge in [0.05, 0.1) is 5.60 Å². The van der Waals surface area contributed by atoms with Gasteiger partial charge >= 0.3 is 0 Å². The summed E-state index contributed by atoms with van der Waals surface area (Å²) in [5.41, 5.74) is -0.0925. The first kappa shape index (κ1) is 10.2. The van der Waals surface area contributed by atoms with Gasteiger partial charge < -0.3 is 5.11 Å². The molecule has 2 aliphatic carbocycles. The molecule has 2 aliphatic rings. The third-order valence-corrected chi connectivity index (χ3v) is 5.53. The molecule has 80 valence electrons. The maximum absolute atomic E-state index is 10.7. The molecular weight excluding hydrogens is 172 g/mol. The molecule has 0 aromatic rings. The van der Waals surface area contributed by atoms with Crippen molar-refractivity contribution in [1.82, 2.24) is 0 Å². The molecule has 2 fully saturated rings. The first-order chi connectivity index (χ1) is 6.37. The van der Waals surface area contributed by atoms with Crippen LogP contribution in [-0.4, -0.2) is 10.7 Å². The Hall–Kier alpha value is -0.300. The molecule has 1 heteroatoms. The molecule has 0 spiro atoms. The topological polar surface area (TPSA) is 20.2 Å². The highest BCUT2D eigenvalue weighted by Crippen LogP contribution is 2.70. The first-order valence-electron chi connectivity index (χ1n) is 5.71. The predicted molar refractivity (Wildman–Crippen MR) is 59.0 cm³/mol. The van der Waals surface area contributed by atoms with Gasteiger partial charge in [-0.3, -0.25) is 0 Å². The molecule has 1 nitrogen and oxygen atoms in total. The van der Waals surface area contributed by atoms with E-state index in [1.54, 1.807) is 0 Å². The van der Waals surface area contributed by atoms with E-state index < -0.39 is 5.60 Å². The Morgan fingerprint density at radius 1 is 1.43 bits per heavy atom. The maximum Gasteiger partial charge on any atom is 0.0743 e. The summed E-state index contributed by atoms with van der Waals surface area (Å²) in [5, 5.41) is 10.7. The second kappa shape index (κ2) is 2.63. The van der Waals surface area contributed by atoms with Crippen LogP contribution in [0.2, 0.25) is 0 Å². The van der Waals surface area contributed by atoms with Crippen molar-refractivity contribution in [2.24, 2.45) is 16.7 Å². The smallest absolute Gasteiger partial charge is 0.0743 e. The van der Waals surface area contributed by atoms with E-state index >= 15 is 0 Å². The van der Waals surface area contributed by atoms with Crippen molar-refractivity contribution in [1.29, 1.82) is 0 Å². The van der Waals surface area contributed by atoms with Gasteiger partial charge in [0.2, 0.25) is 0 Å². The van der Waals surface area contributed by atoms with Crippen LogP contribution in [0.1, 0.15) is 46.5 Å². The summed E-state index contributed by atoms with van der Waals surface area (Å²) >= 11 is 0. The number of fused-ring (bicyclic) bond motifs is 2. The highest BCUT2D eigenvalue weighted by molar-refractivity contribution is 5.18. The molecule has 0 aromatic carbocycles. The van der Waals surface area contributed by atoms with Crippen molar-refractivity contribution in [2.45, 2.75) is 52.1 Å². The van der Waals surface area contributed by atoms with Crippen LogP contribution in [0.25, 0.3) is 0 Å². The molecule has 0 aromatic heterocycles. The van der Waals surface area contributed by atoms with Crippen LogP contribution >= 0.6 is 0 Å². The average Bonchev–Trinajstić information content (AvgIpc) is 2.36. The van der Waals surface area contributed by atoms with Crippen molar-refractivity contribution >= 4 is 0 Å². The van der Waals surface area contributed by atoms with Gasteiger partial charge in [-0.1, -0.05) is 26.8 Å². The van der Waals surface area contributed by atoms with Crippen molar-refractivity contribution in [2.75, 3.05) is 0 Å². The normalized spacial score (nSPS) is 49.6. The fraction of sp³-hybridized carbons (Fsp3) is 0.846. The minimum Gasteiger partial charge on any atom is -0.389 e. The second-order valence-electron chi connectivity index (χ2n) is 6.02. The summed E-state index contributed by atoms with van der Waals surface area (Å²) in [6.45, 7) is 10.7. The Kier molecular flexibility index (Phi) is 1.92. The van der Waals surface area contributed by atoms with E-state index in [9.17, 15) is 5.11 Å². The van der Waals surface area contributed by atoms with Crippen LogP contribution in [0.5, 0.6) is 0 Å². The lowest BCUT2D eigenvalue weighted by atomic mass is 9.63. The van der Waals surface area contributed by atoms with Crippen molar-refractivity contribution in [3.8, 4) is 0 Å². The van der Waals surface area contributed by atoms with E-state index in [0.29, 0.717) is 11.3 Å². The van der Waals surface area contributed by atoms with Crippen LogP contribution in [0.4, 0.5) is 0 Å². The van der Waals surface area contributed by atoms with Crippen molar-refractivity contribution in [3.63, 3.8) is 0 Å². The van der Waals surface area contributed by atoms with Gasteiger partial charge in [0.1, 0.15) is 0 Å². The SMILES string of the molecule is C=CC[C@@]1(O)C[C@@H]2CC[C@@]1(C)C2(C)C. The molecule has 0 aliphatic heterocycles. The molecule has 1 N–H and O–H groups in total. The lowest BCUT2D eigenvalue weighted by Gasteiger charge is -2.45. The van der Waals surface area contributed by atoms with Gasteiger partial charge in [0.15, 0.2) is 0 Å². The van der Waals surface area contributed by atoms with E-state index in [-0.39, 0.29) is 5.41 Å². The summed E-state index contributed by atoms with van der Waals surface area (Å²) < 4.78 is 0. The van der Waals surface area contributed by atoms with E-state index in [0.717, 1.165) is 12.8 Å². The minimum absolute atomic E-state index is 0.0961. The molecule has 14 heavy (non-hydrogen) atoms. The monoisotopic (exact) mass is 194 g/mol. The second-order valence-corrected chi connectivity index (χ2v) is 6.02. The fourth-order valence-electron chi connectivity index (χ4n) is 3.97. The first-order valence-corrected chi connectivity index (χ1v) is 5.71. The molecule has 0 radical (unpaired) electrons. The fourth-order valence-corrected chi connectivity index (χ4v) is 3.97. The molecule has 0 unspecified atom stereocenters. The summed E-state index contributed by atoms with van der Waals surface area (Å²) in [6.07, 6.45) is 6.08. The highest BCUT2D eigenvalue weighted by Gasteiger charge is 2.67. The van der Waals surface area contributed by atoms with E-state index in [4.69, 9.17) is 0 Å². The Morgan fingerprint density at radius 2 is 2.07 bits per heavy atom. The van der Waals surface area contributed by atoms with Crippen LogP contribution < -0.4 is 0 Å². The number of aliphatic hydroxyl groups is 1. The lowest BCUT2D eigenvalue weighted by molar-refractivity contribution is -0.0866. The highest BCUT2D eigenvalue weighted by atomic mass is 16.3. The Balaban J connectivity index is 2.39. The molecule has 0 saturated heterocycles. The standard InChI is InChI=1S/C13H22O/c1-5-7-13(14)9-10-6-8-12(13,4)11(10,2)3/h5,10,14H,1,6-9H2,2-4H3/t10-,12-,13+/m0/s1. The average molecular weight is 194 g/mol. The van der Waals surface area contributed by atoms with Gasteiger partial charge in [0.25, 0.3) is 0 Å². The van der Waals surface area contributed by atoms with E-state index in [1.165, 1.54) is 12.8 Å². The van der Waals surface area contributed by atoms with Crippen molar-refractivity contribution < 1.29 is 5.11 Å². The predicted octanol–water partition coefficient (Wildman–Crippen LogP) is 3.14. The van der Waals surface area contributed by atoms with Gasteiger partial charge in [0, 0.05) is 5.41 Å². The Labute approximate surface area is 87.2 Å². The number of hydrogen-bond donors (Lipinski definition) is 1. The van der Waals surface area contributed by atoms with E-state index in [2.05, 4.69) is 27.4 Å². The number of hydrogen-bond acceptors (Lipinski definition) is 1. The molecular formula is C13H22O. The van der Waals surface area contributed by atoms with Crippen LogP contribution in [0.15, 0.2) is 12.7 Å². The van der Waals surface area contributed by atoms with Gasteiger partial charge in [-0.2, -0.15) is 0 Å². The zero-order valence-corrected chi connectivity index (χ0v) is 9.64. The van der Waals surface area contributed by atoms with Crippen LogP contribution in [0.3, 0.4) is 0 Å². The molecule has 2 rings (SSSR count). The van der Waals surface area contributed by atoms with Gasteiger partial charge in [-0.25, -0.2) is 0 Å². The van der Waals surface area contributed by atoms with Crippen LogP contribution in [0, 0.1) is 16.7 Å². The van der Waals surface area contributed by atoms with Crippen molar-refractivity contribution in [3.05, 3.63) is 12.7 Å². The molecule has 0 amide bonds. The summed E-state index contributed by atoms with van der Waals surface area (Å²) in [7, 11) is 0. The summed E-state index contributed by atoms with van der Waals surface area (Å²) in [6, 6.07) is 0. The molecule has 2 saturated carbocycles. The third kappa shape index (κ3) is 0.894. The number of rotatable bonds is 2. The molecule has 0 heterocycles. The quantitative estimate of drug-likeness (QED) is 0.670. The van der Waals surface area contributed by atoms with E-state index in [1.807, 2.05) is 6.08 Å². The minimum atomic E-state index is -0.485. The largest absolute Gasteiger partial charge is 0.389 e. The molecule has 2 bridgehead atoms. The van der Waals surface area contributed by atoms with Gasteiger partial charge in [-0.05, 0) is 37.0 Å². The summed E-state index contributed by atoms with van der Waals surface area (Å²) in [5.74, 6) is 0.706. The zero-order valence-electron chi connectivity index (χ0n) is 9.64. The Bertz CT molecular complexity index is 268. The van der Waals surface area contributed by atoms with Crippen LogP contribution in [-0.2, 0) is 0 Å². The van der Waals surface area contributed by atoms with Gasteiger partial charge in [-0.15, -0.1) is 6.58 Å². The Morgan fingerprint density at radius 3 is 2.43 bits per heavy atom. The molecule has 3 atom stereocenters. The zero-order chi connectivity index (χ0) is 10.6.